The van der Waals surface area contributed by atoms with Crippen LogP contribution < -0.4 is 10.5 Å². The average Bonchev–Trinajstić information content (AvgIpc) is 2.21. The molecular formula is C11H15NO3. The Bertz CT molecular complexity index is 363. The number of nitrogens with two attached hydrogens (primary N) is 1. The first-order valence-corrected chi connectivity index (χ1v) is 4.68. The maximum Gasteiger partial charge on any atom is 0.312 e. The Hall–Kier alpha value is -1.55. The fourth-order valence-corrected chi connectivity index (χ4v) is 1.59. The molecule has 1 unspecified atom stereocenters. The second-order valence-electron chi connectivity index (χ2n) is 3.30. The number of rotatable bonds is 4. The highest BCUT2D eigenvalue weighted by molar-refractivity contribution is 5.77. The van der Waals surface area contributed by atoms with Crippen LogP contribution in [0.25, 0.3) is 0 Å². The van der Waals surface area contributed by atoms with Crippen LogP contribution in [0.4, 0.5) is 0 Å². The van der Waals surface area contributed by atoms with Crippen LogP contribution in [0.1, 0.15) is 17.0 Å². The van der Waals surface area contributed by atoms with Crippen molar-refractivity contribution in [3.63, 3.8) is 0 Å². The molecule has 0 saturated carbocycles. The number of carbonyl (C=O) groups is 1. The van der Waals surface area contributed by atoms with Crippen molar-refractivity contribution < 1.29 is 14.6 Å². The number of benzene rings is 1. The van der Waals surface area contributed by atoms with E-state index < -0.39 is 11.9 Å². The molecule has 15 heavy (non-hydrogen) atoms. The Labute approximate surface area is 88.7 Å². The summed E-state index contributed by atoms with van der Waals surface area (Å²) in [4.78, 5) is 11.0. The van der Waals surface area contributed by atoms with E-state index in [1.165, 1.54) is 0 Å². The summed E-state index contributed by atoms with van der Waals surface area (Å²) in [5, 5.41) is 8.99. The Morgan fingerprint density at radius 1 is 1.60 bits per heavy atom. The standard InChI is InChI=1S/C11H15NO3/c1-7-8(9(6-12)11(13)14)4-3-5-10(7)15-2/h3-5,9H,6,12H2,1-2H3,(H,13,14). The summed E-state index contributed by atoms with van der Waals surface area (Å²) in [5.74, 6) is -0.888. The van der Waals surface area contributed by atoms with Crippen molar-refractivity contribution in [1.82, 2.24) is 0 Å². The predicted molar refractivity (Wildman–Crippen MR) is 57.2 cm³/mol. The topological polar surface area (TPSA) is 72.5 Å². The molecule has 0 amide bonds. The van der Waals surface area contributed by atoms with Crippen LogP contribution in [-0.2, 0) is 4.79 Å². The van der Waals surface area contributed by atoms with E-state index in [-0.39, 0.29) is 6.54 Å². The molecule has 1 aromatic carbocycles. The molecule has 4 heteroatoms. The number of methoxy groups -OCH3 is 1. The van der Waals surface area contributed by atoms with Crippen molar-refractivity contribution in [1.29, 1.82) is 0 Å². The number of aliphatic carboxylic acids is 1. The van der Waals surface area contributed by atoms with Gasteiger partial charge in [0.2, 0.25) is 0 Å². The molecule has 0 fully saturated rings. The number of hydrogen-bond acceptors (Lipinski definition) is 3. The van der Waals surface area contributed by atoms with Crippen molar-refractivity contribution in [2.24, 2.45) is 5.73 Å². The van der Waals surface area contributed by atoms with E-state index in [2.05, 4.69) is 0 Å². The molecule has 0 bridgehead atoms. The maximum atomic E-state index is 11.0. The van der Waals surface area contributed by atoms with Gasteiger partial charge in [-0.05, 0) is 24.1 Å². The first-order chi connectivity index (χ1) is 7.11. The minimum atomic E-state index is -0.908. The van der Waals surface area contributed by atoms with Crippen LogP contribution >= 0.6 is 0 Å². The van der Waals surface area contributed by atoms with Gasteiger partial charge in [0.1, 0.15) is 5.75 Å². The van der Waals surface area contributed by atoms with Gasteiger partial charge in [-0.25, -0.2) is 0 Å². The van der Waals surface area contributed by atoms with Gasteiger partial charge in [-0.15, -0.1) is 0 Å². The first kappa shape index (κ1) is 11.5. The normalized spacial score (nSPS) is 12.2. The summed E-state index contributed by atoms with van der Waals surface area (Å²) < 4.78 is 5.13. The molecule has 0 aliphatic rings. The number of hydrogen-bond donors (Lipinski definition) is 2. The second-order valence-corrected chi connectivity index (χ2v) is 3.30. The van der Waals surface area contributed by atoms with Crippen molar-refractivity contribution in [3.8, 4) is 5.75 Å². The second kappa shape index (κ2) is 4.79. The zero-order valence-corrected chi connectivity index (χ0v) is 8.86. The van der Waals surface area contributed by atoms with Crippen LogP contribution in [0.3, 0.4) is 0 Å². The Balaban J connectivity index is 3.18. The highest BCUT2D eigenvalue weighted by Crippen LogP contribution is 2.26. The van der Waals surface area contributed by atoms with Crippen LogP contribution in [0.2, 0.25) is 0 Å². The zero-order valence-electron chi connectivity index (χ0n) is 8.86. The third kappa shape index (κ3) is 2.27. The highest BCUT2D eigenvalue weighted by atomic mass is 16.5. The Kier molecular flexibility index (Phi) is 3.68. The maximum absolute atomic E-state index is 11.0. The van der Waals surface area contributed by atoms with Gasteiger partial charge in [0, 0.05) is 6.54 Å². The van der Waals surface area contributed by atoms with Crippen LogP contribution in [-0.4, -0.2) is 24.7 Å². The molecule has 0 spiro atoms. The largest absolute Gasteiger partial charge is 0.496 e. The van der Waals surface area contributed by atoms with Gasteiger partial charge in [0.15, 0.2) is 0 Å². The molecule has 0 aliphatic carbocycles. The van der Waals surface area contributed by atoms with Crippen molar-refractivity contribution in [2.45, 2.75) is 12.8 Å². The first-order valence-electron chi connectivity index (χ1n) is 4.68. The minimum Gasteiger partial charge on any atom is -0.496 e. The van der Waals surface area contributed by atoms with Crippen LogP contribution in [0, 0.1) is 6.92 Å². The molecule has 1 atom stereocenters. The van der Waals surface area contributed by atoms with Gasteiger partial charge in [-0.2, -0.15) is 0 Å². The van der Waals surface area contributed by atoms with Crippen molar-refractivity contribution >= 4 is 5.97 Å². The number of ether oxygens (including phenoxy) is 1. The lowest BCUT2D eigenvalue weighted by molar-refractivity contribution is -0.138. The Morgan fingerprint density at radius 3 is 2.73 bits per heavy atom. The molecular weight excluding hydrogens is 194 g/mol. The third-order valence-electron chi connectivity index (χ3n) is 2.46. The molecule has 0 radical (unpaired) electrons. The Morgan fingerprint density at radius 2 is 2.27 bits per heavy atom. The van der Waals surface area contributed by atoms with Gasteiger partial charge in [0.25, 0.3) is 0 Å². The van der Waals surface area contributed by atoms with Gasteiger partial charge in [-0.1, -0.05) is 12.1 Å². The predicted octanol–water partition coefficient (Wildman–Crippen LogP) is 1.13. The van der Waals surface area contributed by atoms with E-state index >= 15 is 0 Å². The SMILES string of the molecule is COc1cccc(C(CN)C(=O)O)c1C. The molecule has 1 aromatic rings. The van der Waals surface area contributed by atoms with Crippen molar-refractivity contribution in [2.75, 3.05) is 13.7 Å². The lowest BCUT2D eigenvalue weighted by atomic mass is 9.94. The number of carboxylic acid groups (broad SMARTS) is 1. The van der Waals surface area contributed by atoms with Gasteiger partial charge in [0.05, 0.1) is 13.0 Å². The zero-order chi connectivity index (χ0) is 11.4. The lowest BCUT2D eigenvalue weighted by Crippen LogP contribution is -2.22. The summed E-state index contributed by atoms with van der Waals surface area (Å²) in [6, 6.07) is 5.34. The fourth-order valence-electron chi connectivity index (χ4n) is 1.59. The van der Waals surface area contributed by atoms with E-state index in [1.54, 1.807) is 25.3 Å². The summed E-state index contributed by atoms with van der Waals surface area (Å²) in [6.45, 7) is 1.92. The fraction of sp³-hybridized carbons (Fsp3) is 0.364. The lowest BCUT2D eigenvalue weighted by Gasteiger charge is -2.15. The van der Waals surface area contributed by atoms with E-state index in [0.29, 0.717) is 11.3 Å². The molecule has 0 aromatic heterocycles. The molecule has 1 rings (SSSR count). The van der Waals surface area contributed by atoms with Crippen LogP contribution in [0.15, 0.2) is 18.2 Å². The van der Waals surface area contributed by atoms with Gasteiger partial charge >= 0.3 is 5.97 Å². The van der Waals surface area contributed by atoms with E-state index in [1.807, 2.05) is 6.92 Å². The van der Waals surface area contributed by atoms with Gasteiger partial charge < -0.3 is 15.6 Å². The smallest absolute Gasteiger partial charge is 0.312 e. The highest BCUT2D eigenvalue weighted by Gasteiger charge is 2.20. The minimum absolute atomic E-state index is 0.0866. The average molecular weight is 209 g/mol. The molecule has 3 N–H and O–H groups in total. The van der Waals surface area contributed by atoms with Crippen LogP contribution in [0.5, 0.6) is 5.75 Å². The molecule has 82 valence electrons. The number of carboxylic acids is 1. The summed E-state index contributed by atoms with van der Waals surface area (Å²) in [7, 11) is 1.56. The van der Waals surface area contributed by atoms with Crippen molar-refractivity contribution in [3.05, 3.63) is 29.3 Å². The molecule has 0 saturated heterocycles. The quantitative estimate of drug-likeness (QED) is 0.779. The summed E-state index contributed by atoms with van der Waals surface area (Å²) in [6.07, 6.45) is 0. The summed E-state index contributed by atoms with van der Waals surface area (Å²) >= 11 is 0. The van der Waals surface area contributed by atoms with E-state index in [4.69, 9.17) is 15.6 Å². The van der Waals surface area contributed by atoms with E-state index in [0.717, 1.165) is 5.56 Å². The van der Waals surface area contributed by atoms with Gasteiger partial charge in [-0.3, -0.25) is 4.79 Å². The summed E-state index contributed by atoms with van der Waals surface area (Å²) in [5.41, 5.74) is 6.99. The molecule has 0 aliphatic heterocycles. The van der Waals surface area contributed by atoms with E-state index in [9.17, 15) is 4.79 Å². The molecule has 0 heterocycles. The molecule has 4 nitrogen and oxygen atoms in total. The third-order valence-corrected chi connectivity index (χ3v) is 2.46. The monoisotopic (exact) mass is 209 g/mol.